The number of rotatable bonds is 3. The van der Waals surface area contributed by atoms with Crippen LogP contribution in [0.2, 0.25) is 0 Å². The molecule has 0 amide bonds. The molecule has 5 nitrogen and oxygen atoms in total. The highest BCUT2D eigenvalue weighted by Gasteiger charge is 2.21. The molecule has 2 heterocycles. The molecule has 0 spiro atoms. The number of aromatic amines is 1. The molecular weight excluding hydrogens is 290 g/mol. The molecule has 0 aliphatic carbocycles. The number of benzene rings is 1. The molecule has 0 fully saturated rings. The Kier molecular flexibility index (Phi) is 4.22. The van der Waals surface area contributed by atoms with Crippen LogP contribution in [0.15, 0.2) is 23.0 Å². The SMILES string of the molecule is Cc1cc(CN2CCc3nc(C(C)C)[nH]c(=O)c3C2)ccc1O. The Morgan fingerprint density at radius 1 is 1.39 bits per heavy atom. The number of aromatic hydroxyl groups is 1. The number of H-pyrrole nitrogens is 1. The van der Waals surface area contributed by atoms with E-state index in [0.717, 1.165) is 47.7 Å². The van der Waals surface area contributed by atoms with E-state index in [4.69, 9.17) is 0 Å². The van der Waals surface area contributed by atoms with Gasteiger partial charge in [-0.2, -0.15) is 0 Å². The number of nitrogens with zero attached hydrogens (tertiary/aromatic N) is 2. The van der Waals surface area contributed by atoms with Crippen LogP contribution in [0.4, 0.5) is 0 Å². The molecule has 5 heteroatoms. The van der Waals surface area contributed by atoms with Gasteiger partial charge in [-0.05, 0) is 24.1 Å². The first kappa shape index (κ1) is 15.7. The van der Waals surface area contributed by atoms with Gasteiger partial charge in [0.15, 0.2) is 0 Å². The number of hydrogen-bond acceptors (Lipinski definition) is 4. The minimum atomic E-state index is -0.00899. The van der Waals surface area contributed by atoms with Crippen molar-refractivity contribution in [2.45, 2.75) is 46.2 Å². The number of aromatic nitrogens is 2. The predicted octanol–water partition coefficient (Wildman–Crippen LogP) is 2.47. The van der Waals surface area contributed by atoms with Crippen molar-refractivity contribution in [1.29, 1.82) is 0 Å². The zero-order chi connectivity index (χ0) is 16.6. The molecule has 1 aromatic carbocycles. The maximum atomic E-state index is 12.3. The van der Waals surface area contributed by atoms with Crippen molar-refractivity contribution in [2.24, 2.45) is 0 Å². The fraction of sp³-hybridized carbons (Fsp3) is 0.444. The molecule has 23 heavy (non-hydrogen) atoms. The molecule has 2 aromatic rings. The fourth-order valence-electron chi connectivity index (χ4n) is 2.98. The summed E-state index contributed by atoms with van der Waals surface area (Å²) >= 11 is 0. The summed E-state index contributed by atoms with van der Waals surface area (Å²) in [4.78, 5) is 22.1. The third-order valence-electron chi connectivity index (χ3n) is 4.38. The third-order valence-corrected chi connectivity index (χ3v) is 4.38. The lowest BCUT2D eigenvalue weighted by atomic mass is 10.0. The molecule has 2 N–H and O–H groups in total. The van der Waals surface area contributed by atoms with Crippen LogP contribution in [0.5, 0.6) is 5.75 Å². The van der Waals surface area contributed by atoms with Gasteiger partial charge in [-0.1, -0.05) is 26.0 Å². The lowest BCUT2D eigenvalue weighted by molar-refractivity contribution is 0.241. The van der Waals surface area contributed by atoms with Crippen LogP contribution in [0.25, 0.3) is 0 Å². The maximum Gasteiger partial charge on any atom is 0.255 e. The third kappa shape index (κ3) is 3.29. The fourth-order valence-corrected chi connectivity index (χ4v) is 2.98. The highest BCUT2D eigenvalue weighted by molar-refractivity contribution is 5.35. The van der Waals surface area contributed by atoms with Gasteiger partial charge in [0.25, 0.3) is 5.56 Å². The van der Waals surface area contributed by atoms with E-state index in [1.54, 1.807) is 6.07 Å². The Hall–Kier alpha value is -2.14. The van der Waals surface area contributed by atoms with Gasteiger partial charge in [-0.15, -0.1) is 0 Å². The van der Waals surface area contributed by atoms with Gasteiger partial charge in [0.1, 0.15) is 11.6 Å². The van der Waals surface area contributed by atoms with Crippen LogP contribution in [0.1, 0.15) is 48.0 Å². The minimum Gasteiger partial charge on any atom is -0.508 e. The zero-order valence-corrected chi connectivity index (χ0v) is 13.9. The van der Waals surface area contributed by atoms with Gasteiger partial charge < -0.3 is 10.1 Å². The lowest BCUT2D eigenvalue weighted by Gasteiger charge is -2.28. The van der Waals surface area contributed by atoms with Gasteiger partial charge in [-0.3, -0.25) is 9.69 Å². The Balaban J connectivity index is 1.80. The Bertz CT molecular complexity index is 780. The Morgan fingerprint density at radius 2 is 2.17 bits per heavy atom. The summed E-state index contributed by atoms with van der Waals surface area (Å²) in [6.45, 7) is 8.25. The van der Waals surface area contributed by atoms with E-state index in [1.165, 1.54) is 0 Å². The summed E-state index contributed by atoms with van der Waals surface area (Å²) < 4.78 is 0. The first-order chi connectivity index (χ1) is 10.9. The molecule has 0 saturated heterocycles. The average molecular weight is 313 g/mol. The number of aryl methyl sites for hydroxylation is 1. The smallest absolute Gasteiger partial charge is 0.255 e. The van der Waals surface area contributed by atoms with Crippen molar-refractivity contribution in [3.8, 4) is 5.75 Å². The summed E-state index contributed by atoms with van der Waals surface area (Å²) in [5.74, 6) is 1.32. The van der Waals surface area contributed by atoms with Crippen LogP contribution in [-0.2, 0) is 19.5 Å². The minimum absolute atomic E-state index is 0.00899. The monoisotopic (exact) mass is 313 g/mol. The van der Waals surface area contributed by atoms with Crippen molar-refractivity contribution in [1.82, 2.24) is 14.9 Å². The first-order valence-electron chi connectivity index (χ1n) is 8.07. The Labute approximate surface area is 136 Å². The standard InChI is InChI=1S/C18H23N3O2/c1-11(2)17-19-15-6-7-21(10-14(15)18(23)20-17)9-13-4-5-16(22)12(3)8-13/h4-5,8,11,22H,6-7,9-10H2,1-3H3,(H,19,20,23). The molecule has 122 valence electrons. The summed E-state index contributed by atoms with van der Waals surface area (Å²) in [6, 6.07) is 5.66. The van der Waals surface area contributed by atoms with E-state index in [1.807, 2.05) is 32.9 Å². The zero-order valence-electron chi connectivity index (χ0n) is 13.9. The highest BCUT2D eigenvalue weighted by atomic mass is 16.3. The molecule has 1 aliphatic heterocycles. The summed E-state index contributed by atoms with van der Waals surface area (Å²) in [7, 11) is 0. The normalized spacial score (nSPS) is 15.0. The Morgan fingerprint density at radius 3 is 2.87 bits per heavy atom. The quantitative estimate of drug-likeness (QED) is 0.913. The molecule has 0 bridgehead atoms. The highest BCUT2D eigenvalue weighted by Crippen LogP contribution is 2.21. The second-order valence-electron chi connectivity index (χ2n) is 6.61. The van der Waals surface area contributed by atoms with E-state index in [0.29, 0.717) is 12.3 Å². The van der Waals surface area contributed by atoms with Gasteiger partial charge in [-0.25, -0.2) is 4.98 Å². The van der Waals surface area contributed by atoms with Gasteiger partial charge >= 0.3 is 0 Å². The van der Waals surface area contributed by atoms with Gasteiger partial charge in [0.2, 0.25) is 0 Å². The van der Waals surface area contributed by atoms with Gasteiger partial charge in [0, 0.05) is 32.0 Å². The van der Waals surface area contributed by atoms with Crippen LogP contribution in [0, 0.1) is 6.92 Å². The molecular formula is C18H23N3O2. The second-order valence-corrected chi connectivity index (χ2v) is 6.61. The number of nitrogens with one attached hydrogen (secondary N) is 1. The second kappa shape index (κ2) is 6.16. The van der Waals surface area contributed by atoms with Crippen LogP contribution in [0.3, 0.4) is 0 Å². The number of phenols is 1. The number of hydrogen-bond donors (Lipinski definition) is 2. The molecule has 1 aromatic heterocycles. The molecule has 3 rings (SSSR count). The molecule has 0 unspecified atom stereocenters. The van der Waals surface area contributed by atoms with Crippen LogP contribution in [-0.4, -0.2) is 26.5 Å². The largest absolute Gasteiger partial charge is 0.508 e. The predicted molar refractivity (Wildman–Crippen MR) is 89.6 cm³/mol. The molecule has 1 aliphatic rings. The van der Waals surface area contributed by atoms with Crippen LogP contribution < -0.4 is 5.56 Å². The van der Waals surface area contributed by atoms with Crippen LogP contribution >= 0.6 is 0 Å². The summed E-state index contributed by atoms with van der Waals surface area (Å²) in [5.41, 5.74) is 3.74. The summed E-state index contributed by atoms with van der Waals surface area (Å²) in [6.07, 6.45) is 0.802. The summed E-state index contributed by atoms with van der Waals surface area (Å²) in [5, 5.41) is 9.62. The first-order valence-corrected chi connectivity index (χ1v) is 8.07. The number of phenolic OH excluding ortho intramolecular Hbond substituents is 1. The van der Waals surface area contributed by atoms with Crippen molar-refractivity contribution in [3.63, 3.8) is 0 Å². The van der Waals surface area contributed by atoms with Crippen molar-refractivity contribution >= 4 is 0 Å². The average Bonchev–Trinajstić information content (AvgIpc) is 2.51. The maximum absolute atomic E-state index is 12.3. The van der Waals surface area contributed by atoms with Crippen molar-refractivity contribution < 1.29 is 5.11 Å². The number of fused-ring (bicyclic) bond motifs is 1. The topological polar surface area (TPSA) is 69.2 Å². The van der Waals surface area contributed by atoms with E-state index in [-0.39, 0.29) is 11.5 Å². The van der Waals surface area contributed by atoms with E-state index < -0.39 is 0 Å². The van der Waals surface area contributed by atoms with Gasteiger partial charge in [0.05, 0.1) is 11.3 Å². The van der Waals surface area contributed by atoms with Crippen molar-refractivity contribution in [2.75, 3.05) is 6.54 Å². The lowest BCUT2D eigenvalue weighted by Crippen LogP contribution is -2.35. The van der Waals surface area contributed by atoms with E-state index in [9.17, 15) is 9.90 Å². The van der Waals surface area contributed by atoms with Crippen molar-refractivity contribution in [3.05, 3.63) is 56.8 Å². The van der Waals surface area contributed by atoms with E-state index in [2.05, 4.69) is 14.9 Å². The molecule has 0 radical (unpaired) electrons. The van der Waals surface area contributed by atoms with E-state index >= 15 is 0 Å². The molecule has 0 atom stereocenters. The molecule has 0 saturated carbocycles.